The van der Waals surface area contributed by atoms with Gasteiger partial charge < -0.3 is 9.84 Å². The Bertz CT molecular complexity index is 216. The molecule has 0 saturated heterocycles. The lowest BCUT2D eigenvalue weighted by molar-refractivity contribution is 0.375. The first-order valence-electron chi connectivity index (χ1n) is 3.53. The Labute approximate surface area is 66.1 Å². The normalized spacial score (nSPS) is 9.91. The molecule has 0 saturated carbocycles. The molecule has 0 fully saturated rings. The average Bonchev–Trinajstić information content (AvgIpc) is 2.39. The molecule has 1 aromatic rings. The van der Waals surface area contributed by atoms with Crippen molar-refractivity contribution < 1.29 is 4.52 Å². The van der Waals surface area contributed by atoms with Gasteiger partial charge in [0, 0.05) is 12.6 Å². The van der Waals surface area contributed by atoms with Crippen molar-refractivity contribution in [3.8, 4) is 0 Å². The van der Waals surface area contributed by atoms with Crippen LogP contribution in [0.4, 0.5) is 0 Å². The highest BCUT2D eigenvalue weighted by atomic mass is 16.5. The molecule has 0 aromatic carbocycles. The van der Waals surface area contributed by atoms with Gasteiger partial charge in [-0.25, -0.2) is 0 Å². The molecule has 0 atom stereocenters. The molecular formula is C8H12N2O. The van der Waals surface area contributed by atoms with Crippen molar-refractivity contribution in [2.75, 3.05) is 6.54 Å². The van der Waals surface area contributed by atoms with Gasteiger partial charge >= 0.3 is 0 Å². The summed E-state index contributed by atoms with van der Waals surface area (Å²) < 4.78 is 4.87. The minimum absolute atomic E-state index is 0.715. The molecule has 3 nitrogen and oxygen atoms in total. The summed E-state index contributed by atoms with van der Waals surface area (Å²) in [6.07, 6.45) is 1.64. The molecule has 1 heterocycles. The Kier molecular flexibility index (Phi) is 2.86. The Morgan fingerprint density at radius 2 is 2.64 bits per heavy atom. The number of aromatic nitrogens is 1. The smallest absolute Gasteiger partial charge is 0.150 e. The summed E-state index contributed by atoms with van der Waals surface area (Å²) in [5.41, 5.74) is 1.12. The average molecular weight is 152 g/mol. The zero-order chi connectivity index (χ0) is 8.10. The maximum Gasteiger partial charge on any atom is 0.150 e. The van der Waals surface area contributed by atoms with Gasteiger partial charge in [0.15, 0.2) is 0 Å². The molecule has 3 heteroatoms. The van der Waals surface area contributed by atoms with Crippen molar-refractivity contribution in [2.45, 2.75) is 13.5 Å². The van der Waals surface area contributed by atoms with Crippen LogP contribution in [0.2, 0.25) is 0 Å². The van der Waals surface area contributed by atoms with Crippen LogP contribution in [-0.2, 0) is 6.54 Å². The molecule has 11 heavy (non-hydrogen) atoms. The molecule has 1 rings (SSSR count). The quantitative estimate of drug-likeness (QED) is 0.661. The summed E-state index contributed by atoms with van der Waals surface area (Å²) in [7, 11) is 0. The van der Waals surface area contributed by atoms with Gasteiger partial charge in [-0.3, -0.25) is 0 Å². The predicted octanol–water partition coefficient (Wildman–Crippen LogP) is 1.34. The van der Waals surface area contributed by atoms with Crippen LogP contribution in [0.5, 0.6) is 0 Å². The van der Waals surface area contributed by atoms with Gasteiger partial charge in [0.05, 0.1) is 12.7 Å². The third-order valence-corrected chi connectivity index (χ3v) is 1.22. The van der Waals surface area contributed by atoms with E-state index in [1.165, 1.54) is 0 Å². The monoisotopic (exact) mass is 152 g/mol. The maximum atomic E-state index is 4.87. The third-order valence-electron chi connectivity index (χ3n) is 1.22. The summed E-state index contributed by atoms with van der Waals surface area (Å²) in [5, 5.41) is 6.74. The highest BCUT2D eigenvalue weighted by Gasteiger charge is 1.94. The molecule has 0 aliphatic carbocycles. The van der Waals surface area contributed by atoms with Crippen molar-refractivity contribution in [3.63, 3.8) is 0 Å². The summed E-state index contributed by atoms with van der Waals surface area (Å²) in [6.45, 7) is 7.28. The summed E-state index contributed by atoms with van der Waals surface area (Å²) >= 11 is 0. The lowest BCUT2D eigenvalue weighted by atomic mass is 10.3. The zero-order valence-corrected chi connectivity index (χ0v) is 6.63. The second-order valence-electron chi connectivity index (χ2n) is 2.54. The fraction of sp³-hybridized carbons (Fsp3) is 0.375. The van der Waals surface area contributed by atoms with E-state index in [0.29, 0.717) is 6.54 Å². The van der Waals surface area contributed by atoms with E-state index < -0.39 is 0 Å². The largest absolute Gasteiger partial charge is 0.360 e. The van der Waals surface area contributed by atoms with Gasteiger partial charge in [-0.1, -0.05) is 17.3 Å². The number of rotatable bonds is 4. The minimum Gasteiger partial charge on any atom is -0.360 e. The van der Waals surface area contributed by atoms with E-state index in [1.807, 2.05) is 13.0 Å². The molecule has 0 radical (unpaired) electrons. The van der Waals surface area contributed by atoms with Crippen LogP contribution in [0.15, 0.2) is 28.9 Å². The molecule has 0 aliphatic rings. The predicted molar refractivity (Wildman–Crippen MR) is 43.0 cm³/mol. The van der Waals surface area contributed by atoms with E-state index in [9.17, 15) is 0 Å². The molecule has 0 spiro atoms. The van der Waals surface area contributed by atoms with Gasteiger partial charge in [-0.05, 0) is 6.92 Å². The fourth-order valence-corrected chi connectivity index (χ4v) is 0.732. The standard InChI is InChI=1S/C8H12N2O/c1-7(2)5-9-6-8-3-4-10-11-8/h3-4,9H,1,5-6H2,2H3. The van der Waals surface area contributed by atoms with Crippen LogP contribution in [0.1, 0.15) is 12.7 Å². The molecule has 1 aromatic heterocycles. The maximum absolute atomic E-state index is 4.87. The van der Waals surface area contributed by atoms with Crippen LogP contribution in [0.3, 0.4) is 0 Å². The first-order valence-corrected chi connectivity index (χ1v) is 3.53. The highest BCUT2D eigenvalue weighted by molar-refractivity contribution is 4.95. The van der Waals surface area contributed by atoms with Crippen molar-refractivity contribution in [3.05, 3.63) is 30.2 Å². The summed E-state index contributed by atoms with van der Waals surface area (Å²) in [6, 6.07) is 1.84. The highest BCUT2D eigenvalue weighted by Crippen LogP contribution is 1.94. The van der Waals surface area contributed by atoms with E-state index >= 15 is 0 Å². The van der Waals surface area contributed by atoms with Crippen molar-refractivity contribution in [2.24, 2.45) is 0 Å². The minimum atomic E-state index is 0.715. The van der Waals surface area contributed by atoms with Gasteiger partial charge in [0.1, 0.15) is 5.76 Å². The van der Waals surface area contributed by atoms with Gasteiger partial charge in [-0.15, -0.1) is 0 Å². The van der Waals surface area contributed by atoms with Gasteiger partial charge in [-0.2, -0.15) is 0 Å². The van der Waals surface area contributed by atoms with E-state index in [-0.39, 0.29) is 0 Å². The Hall–Kier alpha value is -1.09. The van der Waals surface area contributed by atoms with Crippen LogP contribution in [0, 0.1) is 0 Å². The van der Waals surface area contributed by atoms with Crippen molar-refractivity contribution in [1.29, 1.82) is 0 Å². The molecule has 1 N–H and O–H groups in total. The molecule has 0 aliphatic heterocycles. The second-order valence-corrected chi connectivity index (χ2v) is 2.54. The topological polar surface area (TPSA) is 38.1 Å². The van der Waals surface area contributed by atoms with E-state index in [1.54, 1.807) is 6.20 Å². The third kappa shape index (κ3) is 3.00. The van der Waals surface area contributed by atoms with Gasteiger partial charge in [0.2, 0.25) is 0 Å². The summed E-state index contributed by atoms with van der Waals surface area (Å²) in [5.74, 6) is 0.853. The van der Waals surface area contributed by atoms with Crippen LogP contribution >= 0.6 is 0 Å². The molecule has 60 valence electrons. The van der Waals surface area contributed by atoms with E-state index in [0.717, 1.165) is 17.9 Å². The number of hydrogen-bond donors (Lipinski definition) is 1. The van der Waals surface area contributed by atoms with Crippen molar-refractivity contribution >= 4 is 0 Å². The van der Waals surface area contributed by atoms with Crippen LogP contribution < -0.4 is 5.32 Å². The first-order chi connectivity index (χ1) is 5.29. The number of nitrogens with zero attached hydrogens (tertiary/aromatic N) is 1. The van der Waals surface area contributed by atoms with Gasteiger partial charge in [0.25, 0.3) is 0 Å². The first kappa shape index (κ1) is 8.01. The van der Waals surface area contributed by atoms with Crippen LogP contribution in [-0.4, -0.2) is 11.7 Å². The summed E-state index contributed by atoms with van der Waals surface area (Å²) in [4.78, 5) is 0. The lowest BCUT2D eigenvalue weighted by Gasteiger charge is -1.99. The molecular weight excluding hydrogens is 140 g/mol. The van der Waals surface area contributed by atoms with Crippen LogP contribution in [0.25, 0.3) is 0 Å². The Balaban J connectivity index is 2.19. The Morgan fingerprint density at radius 1 is 1.82 bits per heavy atom. The van der Waals surface area contributed by atoms with E-state index in [4.69, 9.17) is 4.52 Å². The fourth-order valence-electron chi connectivity index (χ4n) is 0.732. The zero-order valence-electron chi connectivity index (χ0n) is 6.63. The molecule has 0 bridgehead atoms. The Morgan fingerprint density at radius 3 is 3.18 bits per heavy atom. The second kappa shape index (κ2) is 3.93. The lowest BCUT2D eigenvalue weighted by Crippen LogP contribution is -2.14. The molecule has 0 unspecified atom stereocenters. The van der Waals surface area contributed by atoms with Crippen molar-refractivity contribution in [1.82, 2.24) is 10.5 Å². The molecule has 0 amide bonds. The SMILES string of the molecule is C=C(C)CNCc1ccno1. The van der Waals surface area contributed by atoms with E-state index in [2.05, 4.69) is 17.1 Å². The number of hydrogen-bond acceptors (Lipinski definition) is 3. The number of nitrogens with one attached hydrogen (secondary N) is 1.